The van der Waals surface area contributed by atoms with Gasteiger partial charge in [-0.25, -0.2) is 0 Å². The fourth-order valence-corrected chi connectivity index (χ4v) is 13.7. The van der Waals surface area contributed by atoms with Gasteiger partial charge in [-0.3, -0.25) is 48.3 Å². The van der Waals surface area contributed by atoms with Gasteiger partial charge in [0.15, 0.2) is 0 Å². The zero-order chi connectivity index (χ0) is 74.1. The second-order valence-corrected chi connectivity index (χ2v) is 30.2. The van der Waals surface area contributed by atoms with Crippen LogP contribution in [0.15, 0.2) is 0 Å². The van der Waals surface area contributed by atoms with Gasteiger partial charge in [0.1, 0.15) is 12.7 Å². The molecule has 18 heteroatoms. The number of esters is 2. The van der Waals surface area contributed by atoms with Crippen LogP contribution in [0.25, 0.3) is 0 Å². The van der Waals surface area contributed by atoms with E-state index in [1.165, 1.54) is 329 Å². The molecule has 0 fully saturated rings. The van der Waals surface area contributed by atoms with Crippen LogP contribution in [0.4, 0.5) is 0 Å². The molecule has 594 valence electrons. The number of carbonyl (C=O) groups excluding carboxylic acids is 3. The van der Waals surface area contributed by atoms with E-state index in [1.54, 1.807) is 7.05 Å². The summed E-state index contributed by atoms with van der Waals surface area (Å²) in [6.07, 6.45) is 74.2. The minimum atomic E-state index is -1.24. The number of likely N-dealkylation sites (N-methyl/N-ethyl adjacent to an activating group) is 2. The van der Waals surface area contributed by atoms with Gasteiger partial charge >= 0.3 is 35.8 Å². The monoisotopic (exact) mass is 1430 g/mol. The van der Waals surface area contributed by atoms with Gasteiger partial charge in [-0.2, -0.15) is 0 Å². The van der Waals surface area contributed by atoms with E-state index in [1.807, 2.05) is 11.9 Å². The number of amides is 1. The Hall–Kier alpha value is -3.87. The van der Waals surface area contributed by atoms with Crippen molar-refractivity contribution in [3.63, 3.8) is 0 Å². The Morgan fingerprint density at radius 1 is 0.277 bits per heavy atom. The van der Waals surface area contributed by atoms with E-state index in [2.05, 4.69) is 13.8 Å². The van der Waals surface area contributed by atoms with E-state index in [0.717, 1.165) is 49.8 Å². The number of carboxylic acid groups (broad SMARTS) is 4. The average Bonchev–Trinajstić information content (AvgIpc) is 0.972. The summed E-state index contributed by atoms with van der Waals surface area (Å²) >= 11 is 0. The lowest BCUT2D eigenvalue weighted by atomic mass is 10.0. The Labute approximate surface area is 618 Å². The highest BCUT2D eigenvalue weighted by Crippen LogP contribution is 2.20. The van der Waals surface area contributed by atoms with Gasteiger partial charge in [0.2, 0.25) is 5.91 Å². The number of aliphatic carboxylic acids is 4. The highest BCUT2D eigenvalue weighted by molar-refractivity contribution is 5.79. The van der Waals surface area contributed by atoms with Crippen molar-refractivity contribution in [1.82, 2.24) is 24.5 Å². The van der Waals surface area contributed by atoms with Gasteiger partial charge in [0.25, 0.3) is 0 Å². The molecular formula is C83H159N5O13. The minimum absolute atomic E-state index is 0.0109. The van der Waals surface area contributed by atoms with Crippen LogP contribution in [-0.2, 0) is 43.0 Å². The van der Waals surface area contributed by atoms with Crippen molar-refractivity contribution in [2.24, 2.45) is 0 Å². The second kappa shape index (κ2) is 74.4. The summed E-state index contributed by atoms with van der Waals surface area (Å²) in [7, 11) is 3.42. The number of rotatable bonds is 82. The first-order valence-electron chi connectivity index (χ1n) is 42.4. The normalized spacial score (nSPS) is 12.0. The van der Waals surface area contributed by atoms with Gasteiger partial charge in [-0.15, -0.1) is 0 Å². The van der Waals surface area contributed by atoms with Crippen molar-refractivity contribution in [3.05, 3.63) is 0 Å². The SMILES string of the molecule is CCCCCCCCCCCCCCCCCCCCCCCCCCCCCCC(=O)OCC(CN(C)CCN(C)C(=O)CN(CCN(CCN(CC(=O)O)CC(=O)O)CC(=O)O)CC(=O)O)OC(=O)CCCCCCCCCCCCCCCCCCCCCCCCCCCCCC. The van der Waals surface area contributed by atoms with Gasteiger partial charge in [-0.1, -0.05) is 361 Å². The molecule has 0 saturated carbocycles. The summed E-state index contributed by atoms with van der Waals surface area (Å²) in [5, 5.41) is 37.7. The predicted octanol–water partition coefficient (Wildman–Crippen LogP) is 19.7. The lowest BCUT2D eigenvalue weighted by molar-refractivity contribution is -0.160. The molecule has 0 spiro atoms. The maximum absolute atomic E-state index is 13.5. The van der Waals surface area contributed by atoms with Crippen LogP contribution in [0.1, 0.15) is 386 Å². The van der Waals surface area contributed by atoms with Gasteiger partial charge in [0, 0.05) is 65.7 Å². The van der Waals surface area contributed by atoms with Crippen molar-refractivity contribution in [2.45, 2.75) is 392 Å². The van der Waals surface area contributed by atoms with E-state index in [0.29, 0.717) is 13.0 Å². The van der Waals surface area contributed by atoms with Crippen molar-refractivity contribution in [3.8, 4) is 0 Å². The Bertz CT molecular complexity index is 1920. The Kier molecular flexibility index (Phi) is 71.6. The molecule has 0 aromatic heterocycles. The molecule has 1 unspecified atom stereocenters. The Morgan fingerprint density at radius 2 is 0.505 bits per heavy atom. The fraction of sp³-hybridized carbons (Fsp3) is 0.916. The first-order valence-corrected chi connectivity index (χ1v) is 42.4. The number of carboxylic acids is 4. The molecule has 0 aromatic rings. The Morgan fingerprint density at radius 3 is 0.772 bits per heavy atom. The quantitative estimate of drug-likeness (QED) is 0.0327. The third-order valence-corrected chi connectivity index (χ3v) is 20.2. The van der Waals surface area contributed by atoms with Crippen LogP contribution >= 0.6 is 0 Å². The van der Waals surface area contributed by atoms with Crippen molar-refractivity contribution in [2.75, 3.05) is 99.2 Å². The van der Waals surface area contributed by atoms with Gasteiger partial charge < -0.3 is 39.7 Å². The van der Waals surface area contributed by atoms with Gasteiger partial charge in [0.05, 0.1) is 32.7 Å². The number of nitrogens with zero attached hydrogens (tertiary/aromatic N) is 5. The van der Waals surface area contributed by atoms with E-state index in [9.17, 15) is 54.0 Å². The summed E-state index contributed by atoms with van der Waals surface area (Å²) in [6, 6.07) is 0. The highest BCUT2D eigenvalue weighted by Gasteiger charge is 2.23. The summed E-state index contributed by atoms with van der Waals surface area (Å²) in [5.41, 5.74) is 0. The van der Waals surface area contributed by atoms with E-state index < -0.39 is 56.2 Å². The standard InChI is InChI=1S/C83H159N5O13/c1-5-7-9-11-13-15-17-19-21-23-25-27-29-31-33-35-37-39-41-43-45-47-49-51-53-55-57-59-61-82(98)100-75-76(69-84(3)63-64-85(4)77(89)70-87(72-79(92)93)67-65-86(71-78(90)91)66-68-88(73-80(94)95)74-81(96)97)101-83(99)62-60-58-56-54-52-50-48-46-44-42-40-38-36-34-32-30-28-26-24-22-20-18-16-14-12-10-8-6-2/h76H,5-75H2,1-4H3,(H,90,91)(H,92,93)(H,94,95)(H,96,97). The topological polar surface area (TPSA) is 235 Å². The molecular weight excluding hydrogens is 1270 g/mol. The molecule has 4 N–H and O–H groups in total. The average molecular weight is 1440 g/mol. The van der Waals surface area contributed by atoms with E-state index in [-0.39, 0.29) is 76.7 Å². The van der Waals surface area contributed by atoms with E-state index >= 15 is 0 Å². The molecule has 0 heterocycles. The minimum Gasteiger partial charge on any atom is -0.480 e. The molecule has 0 rings (SSSR count). The number of unbranched alkanes of at least 4 members (excludes halogenated alkanes) is 54. The fourth-order valence-electron chi connectivity index (χ4n) is 13.7. The summed E-state index contributed by atoms with van der Waals surface area (Å²) in [5.74, 6) is -5.88. The molecule has 0 aromatic carbocycles. The van der Waals surface area contributed by atoms with Crippen LogP contribution in [0.2, 0.25) is 0 Å². The van der Waals surface area contributed by atoms with Crippen molar-refractivity contribution < 1.29 is 63.5 Å². The van der Waals surface area contributed by atoms with E-state index in [4.69, 9.17) is 9.47 Å². The number of carbonyl (C=O) groups is 7. The molecule has 18 nitrogen and oxygen atoms in total. The number of hydrogen-bond acceptors (Lipinski definition) is 13. The van der Waals surface area contributed by atoms with Crippen LogP contribution in [0.5, 0.6) is 0 Å². The first-order chi connectivity index (χ1) is 49.1. The molecule has 0 aliphatic carbocycles. The first kappa shape index (κ1) is 97.1. The largest absolute Gasteiger partial charge is 0.480 e. The lowest BCUT2D eigenvalue weighted by Gasteiger charge is -2.29. The molecule has 0 saturated heterocycles. The zero-order valence-corrected chi connectivity index (χ0v) is 66.0. The second-order valence-electron chi connectivity index (χ2n) is 30.2. The maximum atomic E-state index is 13.5. The molecule has 101 heavy (non-hydrogen) atoms. The number of hydrogen-bond donors (Lipinski definition) is 4. The maximum Gasteiger partial charge on any atom is 0.317 e. The molecule has 0 radical (unpaired) electrons. The lowest BCUT2D eigenvalue weighted by Crippen LogP contribution is -2.47. The van der Waals surface area contributed by atoms with Gasteiger partial charge in [-0.05, 0) is 19.9 Å². The zero-order valence-electron chi connectivity index (χ0n) is 66.0. The van der Waals surface area contributed by atoms with Crippen molar-refractivity contribution in [1.29, 1.82) is 0 Å². The molecule has 0 aliphatic rings. The van der Waals surface area contributed by atoms with Crippen LogP contribution in [0, 0.1) is 0 Å². The molecule has 0 bridgehead atoms. The van der Waals surface area contributed by atoms with Crippen LogP contribution in [0.3, 0.4) is 0 Å². The third kappa shape index (κ3) is 72.8. The molecule has 1 amide bonds. The third-order valence-electron chi connectivity index (χ3n) is 20.2. The molecule has 0 aliphatic heterocycles. The van der Waals surface area contributed by atoms with Crippen LogP contribution in [-0.4, -0.2) is 192 Å². The summed E-state index contributed by atoms with van der Waals surface area (Å²) < 4.78 is 11.7. The highest BCUT2D eigenvalue weighted by atomic mass is 16.6. The summed E-state index contributed by atoms with van der Waals surface area (Å²) in [6.45, 7) is 2.89. The number of ether oxygens (including phenoxy) is 2. The van der Waals surface area contributed by atoms with Crippen LogP contribution < -0.4 is 0 Å². The predicted molar refractivity (Wildman–Crippen MR) is 415 cm³/mol. The van der Waals surface area contributed by atoms with Crippen molar-refractivity contribution >= 4 is 41.7 Å². The molecule has 1 atom stereocenters. The summed E-state index contributed by atoms with van der Waals surface area (Å²) in [4.78, 5) is 93.4. The smallest absolute Gasteiger partial charge is 0.317 e. The Balaban J connectivity index is 4.81.